The average Bonchev–Trinajstić information content (AvgIpc) is 2.59. The Kier molecular flexibility index (Phi) is 5.52. The van der Waals surface area contributed by atoms with Crippen molar-refractivity contribution in [3.8, 4) is 0 Å². The molecule has 0 bridgehead atoms. The minimum absolute atomic E-state index is 0.580. The summed E-state index contributed by atoms with van der Waals surface area (Å²) in [5.41, 5.74) is 1.19. The van der Waals surface area contributed by atoms with Gasteiger partial charge in [-0.1, -0.05) is 13.0 Å². The van der Waals surface area contributed by atoms with E-state index in [1.165, 1.54) is 44.6 Å². The van der Waals surface area contributed by atoms with Crippen LogP contribution in [0.15, 0.2) is 27.1 Å². The molecule has 2 nitrogen and oxygen atoms in total. The van der Waals surface area contributed by atoms with Gasteiger partial charge in [-0.3, -0.25) is 0 Å². The molecule has 1 aromatic rings. The Hall–Kier alpha value is -0.0600. The van der Waals surface area contributed by atoms with E-state index in [1.54, 1.807) is 0 Å². The summed E-state index contributed by atoms with van der Waals surface area (Å²) in [7, 11) is 0. The predicted molar refractivity (Wildman–Crippen MR) is 85.2 cm³/mol. The monoisotopic (exact) mass is 374 g/mol. The highest BCUT2D eigenvalue weighted by Gasteiger charge is 2.17. The summed E-state index contributed by atoms with van der Waals surface area (Å²) >= 11 is 7.23. The molecule has 0 spiro atoms. The van der Waals surface area contributed by atoms with Gasteiger partial charge in [0.25, 0.3) is 0 Å². The number of nitrogens with zero attached hydrogens (tertiary/aromatic N) is 1. The van der Waals surface area contributed by atoms with Gasteiger partial charge in [0.15, 0.2) is 0 Å². The molecule has 0 aromatic heterocycles. The van der Waals surface area contributed by atoms with Crippen molar-refractivity contribution in [1.29, 1.82) is 0 Å². The van der Waals surface area contributed by atoms with E-state index < -0.39 is 0 Å². The van der Waals surface area contributed by atoms with Crippen LogP contribution in [0.4, 0.5) is 5.69 Å². The molecule has 1 aliphatic rings. The Labute approximate surface area is 126 Å². The minimum atomic E-state index is 0.580. The number of nitrogens with one attached hydrogen (secondary N) is 1. The summed E-state index contributed by atoms with van der Waals surface area (Å²) in [6, 6.07) is 6.80. The van der Waals surface area contributed by atoms with Crippen molar-refractivity contribution in [3.05, 3.63) is 27.1 Å². The summed E-state index contributed by atoms with van der Waals surface area (Å²) in [5.74, 6) is 0. The zero-order chi connectivity index (χ0) is 13.0. The van der Waals surface area contributed by atoms with Gasteiger partial charge >= 0.3 is 0 Å². The molecular formula is C14H20Br2N2. The van der Waals surface area contributed by atoms with Crippen molar-refractivity contribution >= 4 is 37.5 Å². The van der Waals surface area contributed by atoms with E-state index >= 15 is 0 Å². The van der Waals surface area contributed by atoms with Crippen LogP contribution in [0.1, 0.15) is 26.2 Å². The van der Waals surface area contributed by atoms with Crippen LogP contribution in [-0.2, 0) is 0 Å². The highest BCUT2D eigenvalue weighted by molar-refractivity contribution is 9.11. The van der Waals surface area contributed by atoms with Crippen LogP contribution in [0.2, 0.25) is 0 Å². The van der Waals surface area contributed by atoms with Gasteiger partial charge in [0.2, 0.25) is 0 Å². The lowest BCUT2D eigenvalue weighted by atomic mass is 10.1. The topological polar surface area (TPSA) is 15.3 Å². The largest absolute Gasteiger partial charge is 0.380 e. The Balaban J connectivity index is 2.01. The van der Waals surface area contributed by atoms with Crippen LogP contribution in [-0.4, -0.2) is 30.6 Å². The Bertz CT molecular complexity index is 375. The molecule has 0 aliphatic carbocycles. The van der Waals surface area contributed by atoms with E-state index in [2.05, 4.69) is 61.1 Å². The van der Waals surface area contributed by atoms with Gasteiger partial charge in [0, 0.05) is 21.5 Å². The highest BCUT2D eigenvalue weighted by Crippen LogP contribution is 2.32. The van der Waals surface area contributed by atoms with Gasteiger partial charge in [-0.05, 0) is 76.3 Å². The van der Waals surface area contributed by atoms with E-state index in [-0.39, 0.29) is 0 Å². The molecule has 1 heterocycles. The first-order valence-electron chi connectivity index (χ1n) is 6.63. The van der Waals surface area contributed by atoms with E-state index in [9.17, 15) is 0 Å². The lowest BCUT2D eigenvalue weighted by Gasteiger charge is -2.20. The minimum Gasteiger partial charge on any atom is -0.380 e. The van der Waals surface area contributed by atoms with Gasteiger partial charge < -0.3 is 10.2 Å². The molecule has 4 heteroatoms. The third-order valence-electron chi connectivity index (χ3n) is 3.58. The Morgan fingerprint density at radius 3 is 2.61 bits per heavy atom. The molecule has 100 valence electrons. The van der Waals surface area contributed by atoms with Gasteiger partial charge in [0.05, 0.1) is 5.69 Å². The van der Waals surface area contributed by atoms with E-state index in [0.717, 1.165) is 8.95 Å². The lowest BCUT2D eigenvalue weighted by molar-refractivity contribution is 0.300. The standard InChI is InChI=1S/C14H20Br2N2/c1-2-18-9-4-5-11(8-10-18)17-14-12(15)6-3-7-13(14)16/h3,6-7,11,17H,2,4-5,8-10H2,1H3. The SMILES string of the molecule is CCN1CCCC(Nc2c(Br)cccc2Br)CC1. The van der Waals surface area contributed by atoms with Gasteiger partial charge in [-0.15, -0.1) is 0 Å². The Morgan fingerprint density at radius 1 is 1.22 bits per heavy atom. The molecule has 1 aliphatic heterocycles. The summed E-state index contributed by atoms with van der Waals surface area (Å²) in [6.45, 7) is 5.87. The quantitative estimate of drug-likeness (QED) is 0.836. The second kappa shape index (κ2) is 6.92. The fraction of sp³-hybridized carbons (Fsp3) is 0.571. The van der Waals surface area contributed by atoms with Crippen molar-refractivity contribution in [3.63, 3.8) is 0 Å². The molecule has 1 fully saturated rings. The van der Waals surface area contributed by atoms with Crippen molar-refractivity contribution in [2.45, 2.75) is 32.2 Å². The van der Waals surface area contributed by atoms with Crippen molar-refractivity contribution in [2.24, 2.45) is 0 Å². The smallest absolute Gasteiger partial charge is 0.0631 e. The number of hydrogen-bond acceptors (Lipinski definition) is 2. The normalized spacial score (nSPS) is 21.6. The molecule has 1 unspecified atom stereocenters. The second-order valence-electron chi connectivity index (χ2n) is 4.80. The summed E-state index contributed by atoms with van der Waals surface area (Å²) in [4.78, 5) is 2.54. The number of benzene rings is 1. The first-order chi connectivity index (χ1) is 8.70. The van der Waals surface area contributed by atoms with Gasteiger partial charge in [-0.2, -0.15) is 0 Å². The molecule has 1 N–H and O–H groups in total. The van der Waals surface area contributed by atoms with Crippen LogP contribution in [0.3, 0.4) is 0 Å². The number of hydrogen-bond donors (Lipinski definition) is 1. The first-order valence-corrected chi connectivity index (χ1v) is 8.22. The third kappa shape index (κ3) is 3.72. The number of rotatable bonds is 3. The summed E-state index contributed by atoms with van der Waals surface area (Å²) in [6.07, 6.45) is 3.76. The molecule has 0 radical (unpaired) electrons. The molecule has 18 heavy (non-hydrogen) atoms. The molecule has 1 aromatic carbocycles. The number of likely N-dealkylation sites (tertiary alicyclic amines) is 1. The van der Waals surface area contributed by atoms with Crippen LogP contribution in [0.5, 0.6) is 0 Å². The highest BCUT2D eigenvalue weighted by atomic mass is 79.9. The fourth-order valence-corrected chi connectivity index (χ4v) is 3.68. The zero-order valence-electron chi connectivity index (χ0n) is 10.8. The molecule has 1 saturated heterocycles. The summed E-state index contributed by atoms with van der Waals surface area (Å²) < 4.78 is 2.27. The van der Waals surface area contributed by atoms with Gasteiger partial charge in [0.1, 0.15) is 0 Å². The molecule has 2 rings (SSSR count). The average molecular weight is 376 g/mol. The maximum Gasteiger partial charge on any atom is 0.0631 e. The molecule has 0 saturated carbocycles. The Morgan fingerprint density at radius 2 is 1.94 bits per heavy atom. The van der Waals surface area contributed by atoms with Gasteiger partial charge in [-0.25, -0.2) is 0 Å². The van der Waals surface area contributed by atoms with Crippen LogP contribution in [0.25, 0.3) is 0 Å². The van der Waals surface area contributed by atoms with Crippen molar-refractivity contribution in [1.82, 2.24) is 4.90 Å². The third-order valence-corrected chi connectivity index (χ3v) is 4.90. The van der Waals surface area contributed by atoms with Crippen molar-refractivity contribution in [2.75, 3.05) is 25.0 Å². The number of anilines is 1. The van der Waals surface area contributed by atoms with E-state index in [1.807, 2.05) is 6.07 Å². The summed E-state index contributed by atoms with van der Waals surface area (Å²) in [5, 5.41) is 3.68. The molecule has 0 amide bonds. The van der Waals surface area contributed by atoms with Crippen LogP contribution < -0.4 is 5.32 Å². The maximum atomic E-state index is 3.68. The first kappa shape index (κ1) is 14.4. The zero-order valence-corrected chi connectivity index (χ0v) is 13.9. The van der Waals surface area contributed by atoms with E-state index in [0.29, 0.717) is 6.04 Å². The van der Waals surface area contributed by atoms with Crippen LogP contribution in [0, 0.1) is 0 Å². The van der Waals surface area contributed by atoms with Crippen molar-refractivity contribution < 1.29 is 0 Å². The molecular weight excluding hydrogens is 356 g/mol. The second-order valence-corrected chi connectivity index (χ2v) is 6.51. The lowest BCUT2D eigenvalue weighted by Crippen LogP contribution is -2.26. The number of halogens is 2. The molecule has 1 atom stereocenters. The maximum absolute atomic E-state index is 3.68. The number of para-hydroxylation sites is 1. The predicted octanol–water partition coefficient (Wildman–Crippen LogP) is 4.50. The van der Waals surface area contributed by atoms with Crippen LogP contribution >= 0.6 is 31.9 Å². The van der Waals surface area contributed by atoms with E-state index in [4.69, 9.17) is 0 Å². The fourth-order valence-electron chi connectivity index (χ4n) is 2.46.